The highest BCUT2D eigenvalue weighted by Gasteiger charge is 2.42. The smallest absolute Gasteiger partial charge is 0.155 e. The molecule has 0 radical (unpaired) electrons. The highest BCUT2D eigenvalue weighted by atomic mass is 16.6. The molecule has 2 saturated heterocycles. The van der Waals surface area contributed by atoms with E-state index in [1.165, 1.54) is 0 Å². The number of likely N-dealkylation sites (N-methyl/N-ethyl adjacent to an activating group) is 1. The van der Waals surface area contributed by atoms with E-state index in [-0.39, 0.29) is 23.8 Å². The average molecular weight is 213 g/mol. The Hall–Kier alpha value is -0.450. The first kappa shape index (κ1) is 11.0. The van der Waals surface area contributed by atoms with E-state index in [0.717, 1.165) is 13.0 Å². The van der Waals surface area contributed by atoms with Crippen molar-refractivity contribution < 1.29 is 14.6 Å². The van der Waals surface area contributed by atoms with Crippen LogP contribution >= 0.6 is 0 Å². The number of likely N-dealkylation sites (tertiary alicyclic amines) is 1. The van der Waals surface area contributed by atoms with Gasteiger partial charge in [-0.15, -0.1) is 0 Å². The van der Waals surface area contributed by atoms with Crippen LogP contribution in [0, 0.1) is 5.92 Å². The molecule has 0 spiro atoms. The molecule has 4 heteroatoms. The molecule has 86 valence electrons. The van der Waals surface area contributed by atoms with Crippen molar-refractivity contribution in [2.24, 2.45) is 5.92 Å². The van der Waals surface area contributed by atoms with Gasteiger partial charge < -0.3 is 9.84 Å². The zero-order valence-corrected chi connectivity index (χ0v) is 9.35. The molecule has 2 fully saturated rings. The zero-order chi connectivity index (χ0) is 11.0. The van der Waals surface area contributed by atoms with Gasteiger partial charge in [-0.3, -0.25) is 9.69 Å². The second kappa shape index (κ2) is 4.20. The van der Waals surface area contributed by atoms with Gasteiger partial charge in [-0.1, -0.05) is 6.92 Å². The highest BCUT2D eigenvalue weighted by molar-refractivity contribution is 5.85. The number of Topliss-reactive ketones (excluding diaryl/α,β-unsaturated/α-hetero) is 1. The van der Waals surface area contributed by atoms with Crippen molar-refractivity contribution in [2.75, 3.05) is 13.6 Å². The highest BCUT2D eigenvalue weighted by Crippen LogP contribution is 2.31. The summed E-state index contributed by atoms with van der Waals surface area (Å²) in [4.78, 5) is 13.9. The minimum Gasteiger partial charge on any atom is -0.368 e. The van der Waals surface area contributed by atoms with Crippen LogP contribution in [0.15, 0.2) is 0 Å². The van der Waals surface area contributed by atoms with Gasteiger partial charge in [0.25, 0.3) is 0 Å². The normalized spacial score (nSPS) is 43.5. The molecule has 4 nitrogen and oxygen atoms in total. The number of ether oxygens (including phenoxy) is 1. The lowest BCUT2D eigenvalue weighted by molar-refractivity contribution is -0.143. The second-order valence-electron chi connectivity index (χ2n) is 4.76. The van der Waals surface area contributed by atoms with Crippen molar-refractivity contribution in [3.63, 3.8) is 0 Å². The van der Waals surface area contributed by atoms with E-state index in [1.54, 1.807) is 0 Å². The van der Waals surface area contributed by atoms with E-state index in [0.29, 0.717) is 12.8 Å². The summed E-state index contributed by atoms with van der Waals surface area (Å²) in [6, 6.07) is -0.147. The Morgan fingerprint density at radius 2 is 2.27 bits per heavy atom. The van der Waals surface area contributed by atoms with Gasteiger partial charge in [0, 0.05) is 12.8 Å². The summed E-state index contributed by atoms with van der Waals surface area (Å²) in [6.45, 7) is 2.98. The Balaban J connectivity index is 2.10. The summed E-state index contributed by atoms with van der Waals surface area (Å²) in [5, 5.41) is 9.42. The van der Waals surface area contributed by atoms with Crippen LogP contribution in [0.4, 0.5) is 0 Å². The second-order valence-corrected chi connectivity index (χ2v) is 4.76. The number of nitrogens with zero attached hydrogens (tertiary/aromatic N) is 1. The molecule has 2 aliphatic heterocycles. The summed E-state index contributed by atoms with van der Waals surface area (Å²) in [5.74, 6) is 0.518. The van der Waals surface area contributed by atoms with Crippen molar-refractivity contribution in [3.05, 3.63) is 0 Å². The predicted molar refractivity (Wildman–Crippen MR) is 55.3 cm³/mol. The van der Waals surface area contributed by atoms with Crippen LogP contribution in [-0.4, -0.2) is 47.8 Å². The molecule has 4 atom stereocenters. The van der Waals surface area contributed by atoms with Crippen molar-refractivity contribution in [1.29, 1.82) is 0 Å². The van der Waals surface area contributed by atoms with Crippen LogP contribution in [0.25, 0.3) is 0 Å². The first-order valence-electron chi connectivity index (χ1n) is 5.66. The Bertz CT molecular complexity index is 256. The minimum absolute atomic E-state index is 0.127. The number of aliphatic hydroxyl groups excluding tert-OH is 1. The van der Waals surface area contributed by atoms with Crippen LogP contribution in [0.5, 0.6) is 0 Å². The van der Waals surface area contributed by atoms with Crippen LogP contribution in [0.3, 0.4) is 0 Å². The Labute approximate surface area is 90.2 Å². The van der Waals surface area contributed by atoms with E-state index < -0.39 is 6.29 Å². The number of hydrogen-bond acceptors (Lipinski definition) is 4. The average Bonchev–Trinajstić information content (AvgIpc) is 2.45. The number of ketones is 1. The fraction of sp³-hybridized carbons (Fsp3) is 0.909. The number of piperidine rings is 1. The first-order valence-corrected chi connectivity index (χ1v) is 5.66. The van der Waals surface area contributed by atoms with Crippen LogP contribution in [-0.2, 0) is 9.53 Å². The predicted octanol–water partition coefficient (Wildman–Crippen LogP) is 0.393. The van der Waals surface area contributed by atoms with Crippen molar-refractivity contribution >= 4 is 5.78 Å². The topological polar surface area (TPSA) is 49.8 Å². The van der Waals surface area contributed by atoms with E-state index in [2.05, 4.69) is 4.90 Å². The zero-order valence-electron chi connectivity index (χ0n) is 9.35. The van der Waals surface area contributed by atoms with E-state index in [9.17, 15) is 9.90 Å². The Kier molecular flexibility index (Phi) is 3.09. The monoisotopic (exact) mass is 213 g/mol. The lowest BCUT2D eigenvalue weighted by atomic mass is 9.89. The van der Waals surface area contributed by atoms with Crippen molar-refractivity contribution in [1.82, 2.24) is 4.90 Å². The number of carbonyl (C=O) groups is 1. The number of carbonyl (C=O) groups excluding carboxylic acids is 1. The van der Waals surface area contributed by atoms with Gasteiger partial charge in [0.2, 0.25) is 0 Å². The van der Waals surface area contributed by atoms with Gasteiger partial charge >= 0.3 is 0 Å². The maximum atomic E-state index is 11.8. The molecular weight excluding hydrogens is 194 g/mol. The molecule has 0 aromatic heterocycles. The fourth-order valence-electron chi connectivity index (χ4n) is 2.68. The first-order chi connectivity index (χ1) is 7.09. The van der Waals surface area contributed by atoms with Gasteiger partial charge in [0.1, 0.15) is 0 Å². The molecule has 0 bridgehead atoms. The molecule has 2 heterocycles. The maximum absolute atomic E-state index is 11.8. The van der Waals surface area contributed by atoms with E-state index in [1.807, 2.05) is 14.0 Å². The third-order valence-corrected chi connectivity index (χ3v) is 3.50. The lowest BCUT2D eigenvalue weighted by Crippen LogP contribution is -2.52. The van der Waals surface area contributed by atoms with E-state index >= 15 is 0 Å². The van der Waals surface area contributed by atoms with Crippen LogP contribution < -0.4 is 0 Å². The Morgan fingerprint density at radius 3 is 2.80 bits per heavy atom. The van der Waals surface area contributed by atoms with Gasteiger partial charge in [-0.2, -0.15) is 0 Å². The number of hydrogen-bond donors (Lipinski definition) is 1. The SMILES string of the molecule is C[C@@H]1CC(O)OC1[C@H]1C(=O)CCCN1C. The summed E-state index contributed by atoms with van der Waals surface area (Å²) in [5.41, 5.74) is 0. The summed E-state index contributed by atoms with van der Waals surface area (Å²) in [7, 11) is 1.96. The summed E-state index contributed by atoms with van der Waals surface area (Å²) < 4.78 is 5.45. The molecule has 0 saturated carbocycles. The molecule has 0 aromatic carbocycles. The standard InChI is InChI=1S/C11H19NO3/c1-7-6-9(14)15-11(7)10-8(13)4-3-5-12(10)2/h7,9-11,14H,3-6H2,1-2H3/t7-,9?,10-,11?/m1/s1. The fourth-order valence-corrected chi connectivity index (χ4v) is 2.68. The molecule has 2 aliphatic rings. The Morgan fingerprint density at radius 1 is 1.53 bits per heavy atom. The van der Waals surface area contributed by atoms with Crippen LogP contribution in [0.2, 0.25) is 0 Å². The molecule has 1 N–H and O–H groups in total. The molecule has 0 aromatic rings. The molecule has 15 heavy (non-hydrogen) atoms. The van der Waals surface area contributed by atoms with Gasteiger partial charge in [0.05, 0.1) is 12.1 Å². The number of aliphatic hydroxyl groups is 1. The molecule has 0 amide bonds. The van der Waals surface area contributed by atoms with Crippen molar-refractivity contribution in [2.45, 2.75) is 44.6 Å². The van der Waals surface area contributed by atoms with Gasteiger partial charge in [0.15, 0.2) is 12.1 Å². The number of rotatable bonds is 1. The minimum atomic E-state index is -0.687. The largest absolute Gasteiger partial charge is 0.368 e. The third kappa shape index (κ3) is 2.07. The van der Waals surface area contributed by atoms with Crippen molar-refractivity contribution in [3.8, 4) is 0 Å². The van der Waals surface area contributed by atoms with Gasteiger partial charge in [-0.05, 0) is 25.9 Å². The summed E-state index contributed by atoms with van der Waals surface area (Å²) >= 11 is 0. The molecule has 2 unspecified atom stereocenters. The molecular formula is C11H19NO3. The maximum Gasteiger partial charge on any atom is 0.155 e. The van der Waals surface area contributed by atoms with Gasteiger partial charge in [-0.25, -0.2) is 0 Å². The third-order valence-electron chi connectivity index (χ3n) is 3.50. The molecule has 2 rings (SSSR count). The molecule has 0 aliphatic carbocycles. The van der Waals surface area contributed by atoms with E-state index in [4.69, 9.17) is 4.74 Å². The lowest BCUT2D eigenvalue weighted by Gasteiger charge is -2.36. The quantitative estimate of drug-likeness (QED) is 0.684. The summed E-state index contributed by atoms with van der Waals surface area (Å²) in [6.07, 6.45) is 1.42. The van der Waals surface area contributed by atoms with Crippen LogP contribution in [0.1, 0.15) is 26.2 Å².